The van der Waals surface area contributed by atoms with E-state index in [1.54, 1.807) is 6.20 Å². The molecular formula is C17H15BrN4O3S2. The lowest BCUT2D eigenvalue weighted by molar-refractivity contribution is 0.102. The maximum absolute atomic E-state index is 12.4. The first kappa shape index (κ1) is 19.6. The normalized spacial score (nSPS) is 11.6. The van der Waals surface area contributed by atoms with Crippen molar-refractivity contribution in [2.45, 2.75) is 4.90 Å². The number of hydrogen-bond donors (Lipinski definition) is 1. The Bertz CT molecular complexity index is 1070. The lowest BCUT2D eigenvalue weighted by atomic mass is 10.2. The maximum atomic E-state index is 12.4. The highest BCUT2D eigenvalue weighted by atomic mass is 79.9. The number of benzene rings is 1. The second kappa shape index (κ2) is 7.85. The average molecular weight is 467 g/mol. The van der Waals surface area contributed by atoms with Crippen LogP contribution in [0.5, 0.6) is 0 Å². The molecule has 0 saturated carbocycles. The van der Waals surface area contributed by atoms with Crippen molar-refractivity contribution in [2.75, 3.05) is 19.4 Å². The fourth-order valence-electron chi connectivity index (χ4n) is 2.17. The standard InChI is InChI=1S/C17H15BrN4O3S2/c1-22(2)27(24,25)12-8-6-11(7-9-12)16(23)21-17-20-14(15(18)26-17)13-5-3-4-10-19-13/h3-10H,1-2H3,(H,20,21,23). The number of halogens is 1. The van der Waals surface area contributed by atoms with Gasteiger partial charge in [0.25, 0.3) is 5.91 Å². The monoisotopic (exact) mass is 466 g/mol. The van der Waals surface area contributed by atoms with Gasteiger partial charge in [-0.05, 0) is 52.3 Å². The highest BCUT2D eigenvalue weighted by Gasteiger charge is 2.18. The SMILES string of the molecule is CN(C)S(=O)(=O)c1ccc(C(=O)Nc2nc(-c3ccccn3)c(Br)s2)cc1. The lowest BCUT2D eigenvalue weighted by Crippen LogP contribution is -2.22. The van der Waals surface area contributed by atoms with Gasteiger partial charge in [-0.2, -0.15) is 0 Å². The van der Waals surface area contributed by atoms with Crippen molar-refractivity contribution in [3.05, 3.63) is 58.0 Å². The molecule has 7 nitrogen and oxygen atoms in total. The van der Waals surface area contributed by atoms with Gasteiger partial charge >= 0.3 is 0 Å². The van der Waals surface area contributed by atoms with E-state index in [4.69, 9.17) is 0 Å². The summed E-state index contributed by atoms with van der Waals surface area (Å²) in [5.41, 5.74) is 1.67. The molecule has 1 aromatic carbocycles. The fraction of sp³-hybridized carbons (Fsp3) is 0.118. The number of sulfonamides is 1. The highest BCUT2D eigenvalue weighted by molar-refractivity contribution is 9.11. The van der Waals surface area contributed by atoms with Crippen molar-refractivity contribution in [3.63, 3.8) is 0 Å². The van der Waals surface area contributed by atoms with Crippen molar-refractivity contribution in [3.8, 4) is 11.4 Å². The number of hydrogen-bond acceptors (Lipinski definition) is 6. The second-order valence-electron chi connectivity index (χ2n) is 5.62. The molecule has 2 heterocycles. The summed E-state index contributed by atoms with van der Waals surface area (Å²) in [7, 11) is -0.625. The Morgan fingerprint density at radius 3 is 2.44 bits per heavy atom. The molecule has 0 atom stereocenters. The molecule has 27 heavy (non-hydrogen) atoms. The van der Waals surface area contributed by atoms with Gasteiger partial charge in [-0.3, -0.25) is 15.1 Å². The number of carbonyl (C=O) groups is 1. The molecular weight excluding hydrogens is 452 g/mol. The predicted octanol–water partition coefficient (Wildman–Crippen LogP) is 3.47. The lowest BCUT2D eigenvalue weighted by Gasteiger charge is -2.11. The molecule has 2 aromatic heterocycles. The molecule has 140 valence electrons. The van der Waals surface area contributed by atoms with Crippen LogP contribution in [0, 0.1) is 0 Å². The third-order valence-corrected chi connectivity index (χ3v) is 7.06. The molecule has 1 N–H and O–H groups in total. The van der Waals surface area contributed by atoms with E-state index in [0.717, 1.165) is 8.09 Å². The number of thiazole rings is 1. The zero-order valence-corrected chi connectivity index (χ0v) is 17.6. The minimum atomic E-state index is -3.53. The number of nitrogens with one attached hydrogen (secondary N) is 1. The molecule has 0 aliphatic rings. The summed E-state index contributed by atoms with van der Waals surface area (Å²) in [6.07, 6.45) is 1.67. The number of aromatic nitrogens is 2. The molecule has 0 aliphatic carbocycles. The smallest absolute Gasteiger partial charge is 0.257 e. The summed E-state index contributed by atoms with van der Waals surface area (Å²) < 4.78 is 26.0. The van der Waals surface area contributed by atoms with Gasteiger partial charge in [-0.1, -0.05) is 17.4 Å². The largest absolute Gasteiger partial charge is 0.298 e. The van der Waals surface area contributed by atoms with Crippen LogP contribution in [0.3, 0.4) is 0 Å². The molecule has 0 bridgehead atoms. The van der Waals surface area contributed by atoms with Crippen molar-refractivity contribution in [1.29, 1.82) is 0 Å². The van der Waals surface area contributed by atoms with Gasteiger partial charge in [0.2, 0.25) is 10.0 Å². The molecule has 1 amide bonds. The molecule has 0 saturated heterocycles. The second-order valence-corrected chi connectivity index (χ2v) is 10.1. The van der Waals surface area contributed by atoms with Crippen molar-refractivity contribution < 1.29 is 13.2 Å². The Balaban J connectivity index is 1.78. The van der Waals surface area contributed by atoms with E-state index in [1.165, 1.54) is 49.7 Å². The van der Waals surface area contributed by atoms with E-state index in [-0.39, 0.29) is 10.8 Å². The third-order valence-electron chi connectivity index (χ3n) is 3.61. The van der Waals surface area contributed by atoms with Crippen LogP contribution in [0.25, 0.3) is 11.4 Å². The van der Waals surface area contributed by atoms with Crippen LogP contribution in [0.2, 0.25) is 0 Å². The number of rotatable bonds is 5. The molecule has 3 rings (SSSR count). The van der Waals surface area contributed by atoms with Gasteiger partial charge in [-0.15, -0.1) is 0 Å². The minimum Gasteiger partial charge on any atom is -0.298 e. The highest BCUT2D eigenvalue weighted by Crippen LogP contribution is 2.34. The summed E-state index contributed by atoms with van der Waals surface area (Å²) in [6, 6.07) is 11.2. The third kappa shape index (κ3) is 4.24. The quantitative estimate of drug-likeness (QED) is 0.621. The van der Waals surface area contributed by atoms with Crippen molar-refractivity contribution in [2.24, 2.45) is 0 Å². The molecule has 0 fully saturated rings. The molecule has 0 unspecified atom stereocenters. The number of nitrogens with zero attached hydrogens (tertiary/aromatic N) is 3. The molecule has 3 aromatic rings. The Labute approximate surface area is 169 Å². The van der Waals surface area contributed by atoms with E-state index < -0.39 is 10.0 Å². The number of anilines is 1. The van der Waals surface area contributed by atoms with Crippen LogP contribution in [-0.2, 0) is 10.0 Å². The first-order chi connectivity index (χ1) is 12.8. The first-order valence-corrected chi connectivity index (χ1v) is 10.8. The van der Waals surface area contributed by atoms with Gasteiger partial charge in [0, 0.05) is 25.9 Å². The summed E-state index contributed by atoms with van der Waals surface area (Å²) in [6.45, 7) is 0. The number of pyridine rings is 1. The van der Waals surface area contributed by atoms with E-state index >= 15 is 0 Å². The molecule has 0 radical (unpaired) electrons. The first-order valence-electron chi connectivity index (χ1n) is 7.70. The van der Waals surface area contributed by atoms with Gasteiger partial charge in [0.05, 0.1) is 10.6 Å². The van der Waals surface area contributed by atoms with Crippen molar-refractivity contribution in [1.82, 2.24) is 14.3 Å². The van der Waals surface area contributed by atoms with Crippen LogP contribution in [-0.4, -0.2) is 42.7 Å². The summed E-state index contributed by atoms with van der Waals surface area (Å²) in [5.74, 6) is -0.377. The maximum Gasteiger partial charge on any atom is 0.257 e. The number of amides is 1. The van der Waals surface area contributed by atoms with E-state index in [0.29, 0.717) is 22.1 Å². The van der Waals surface area contributed by atoms with Crippen molar-refractivity contribution >= 4 is 48.3 Å². The van der Waals surface area contributed by atoms with Crippen LogP contribution < -0.4 is 5.32 Å². The average Bonchev–Trinajstić information content (AvgIpc) is 3.02. The molecule has 0 spiro atoms. The fourth-order valence-corrected chi connectivity index (χ4v) is 4.52. The molecule has 10 heteroatoms. The van der Waals surface area contributed by atoms with Gasteiger partial charge < -0.3 is 0 Å². The summed E-state index contributed by atoms with van der Waals surface area (Å²) in [5, 5.41) is 3.14. The Morgan fingerprint density at radius 1 is 1.15 bits per heavy atom. The van der Waals surface area contributed by atoms with E-state index in [9.17, 15) is 13.2 Å². The van der Waals surface area contributed by atoms with Gasteiger partial charge in [0.1, 0.15) is 9.48 Å². The zero-order valence-electron chi connectivity index (χ0n) is 14.4. The predicted molar refractivity (Wildman–Crippen MR) is 108 cm³/mol. The summed E-state index contributed by atoms with van der Waals surface area (Å²) >= 11 is 4.71. The van der Waals surface area contributed by atoms with Gasteiger partial charge in [0.15, 0.2) is 5.13 Å². The van der Waals surface area contributed by atoms with Crippen LogP contribution in [0.4, 0.5) is 5.13 Å². The Morgan fingerprint density at radius 2 is 1.85 bits per heavy atom. The Hall–Kier alpha value is -2.14. The van der Waals surface area contributed by atoms with E-state index in [2.05, 4.69) is 31.2 Å². The van der Waals surface area contributed by atoms with Crippen LogP contribution in [0.15, 0.2) is 57.3 Å². The summed E-state index contributed by atoms with van der Waals surface area (Å²) in [4.78, 5) is 21.2. The van der Waals surface area contributed by atoms with Gasteiger partial charge in [-0.25, -0.2) is 17.7 Å². The van der Waals surface area contributed by atoms with E-state index in [1.807, 2.05) is 18.2 Å². The molecule has 0 aliphatic heterocycles. The zero-order chi connectivity index (χ0) is 19.6. The Kier molecular flexibility index (Phi) is 5.70. The van der Waals surface area contributed by atoms with Crippen LogP contribution in [0.1, 0.15) is 10.4 Å². The minimum absolute atomic E-state index is 0.124. The topological polar surface area (TPSA) is 92.3 Å². The number of carbonyl (C=O) groups excluding carboxylic acids is 1. The van der Waals surface area contributed by atoms with Crippen LogP contribution >= 0.6 is 27.3 Å².